The third-order valence-electron chi connectivity index (χ3n) is 4.94. The summed E-state index contributed by atoms with van der Waals surface area (Å²) in [7, 11) is 0. The Bertz CT molecular complexity index is 714. The number of aliphatic hydroxyl groups is 1. The predicted molar refractivity (Wildman–Crippen MR) is 93.8 cm³/mol. The van der Waals surface area contributed by atoms with E-state index in [4.69, 9.17) is 14.2 Å². The number of ether oxygens (including phenoxy) is 3. The van der Waals surface area contributed by atoms with Crippen molar-refractivity contribution in [2.45, 2.75) is 51.6 Å². The van der Waals surface area contributed by atoms with Gasteiger partial charge in [0.2, 0.25) is 0 Å². The van der Waals surface area contributed by atoms with E-state index in [1.165, 1.54) is 6.08 Å². The van der Waals surface area contributed by atoms with Gasteiger partial charge in [-0.15, -0.1) is 0 Å². The number of fused-ring (bicyclic) bond motifs is 1. The minimum absolute atomic E-state index is 0.00498. The highest BCUT2D eigenvalue weighted by atomic mass is 16.6. The lowest BCUT2D eigenvalue weighted by Crippen LogP contribution is -2.34. The van der Waals surface area contributed by atoms with Gasteiger partial charge in [-0.05, 0) is 38.8 Å². The molecule has 0 saturated carbocycles. The number of carbonyl (C=O) groups excluding carboxylic acids is 2. The lowest BCUT2D eigenvalue weighted by Gasteiger charge is -2.27. The molecule has 0 aromatic carbocycles. The summed E-state index contributed by atoms with van der Waals surface area (Å²) in [4.78, 5) is 24.6. The van der Waals surface area contributed by atoms with Crippen LogP contribution in [0, 0.1) is 5.92 Å². The number of esters is 2. The van der Waals surface area contributed by atoms with Crippen molar-refractivity contribution in [3.63, 3.8) is 0 Å². The van der Waals surface area contributed by atoms with Crippen LogP contribution < -0.4 is 0 Å². The van der Waals surface area contributed by atoms with Crippen LogP contribution in [0.2, 0.25) is 0 Å². The Morgan fingerprint density at radius 3 is 2.77 bits per heavy atom. The van der Waals surface area contributed by atoms with Crippen molar-refractivity contribution < 1.29 is 28.9 Å². The van der Waals surface area contributed by atoms with Crippen LogP contribution in [0.15, 0.2) is 47.1 Å². The number of rotatable bonds is 2. The number of carbonyl (C=O) groups is 2. The molecule has 3 rings (SSSR count). The van der Waals surface area contributed by atoms with Gasteiger partial charge in [-0.2, -0.15) is 0 Å². The highest BCUT2D eigenvalue weighted by molar-refractivity contribution is 5.92. The van der Waals surface area contributed by atoms with Crippen LogP contribution in [0.25, 0.3) is 0 Å². The second kappa shape index (κ2) is 7.60. The molecule has 0 spiro atoms. The molecule has 4 atom stereocenters. The van der Waals surface area contributed by atoms with Gasteiger partial charge in [0.1, 0.15) is 12.2 Å². The van der Waals surface area contributed by atoms with E-state index >= 15 is 0 Å². The van der Waals surface area contributed by atoms with Gasteiger partial charge in [-0.1, -0.05) is 23.8 Å². The van der Waals surface area contributed by atoms with E-state index in [0.717, 1.165) is 24.0 Å². The maximum Gasteiger partial charge on any atom is 0.336 e. The summed E-state index contributed by atoms with van der Waals surface area (Å²) in [5, 5.41) is 9.40. The number of aliphatic hydroxyl groups excluding tert-OH is 1. The Kier molecular flexibility index (Phi) is 5.44. The Balaban J connectivity index is 1.89. The van der Waals surface area contributed by atoms with Gasteiger partial charge in [0.25, 0.3) is 0 Å². The van der Waals surface area contributed by atoms with Crippen LogP contribution in [0.1, 0.15) is 33.1 Å². The summed E-state index contributed by atoms with van der Waals surface area (Å²) in [5.74, 6) is -1.44. The molecule has 0 amide bonds. The Hall–Kier alpha value is -2.18. The summed E-state index contributed by atoms with van der Waals surface area (Å²) < 4.78 is 16.2. The molecule has 0 aromatic heterocycles. The zero-order valence-electron chi connectivity index (χ0n) is 15.1. The summed E-state index contributed by atoms with van der Waals surface area (Å²) in [6.07, 6.45) is 5.49. The van der Waals surface area contributed by atoms with Crippen LogP contribution in [0.4, 0.5) is 0 Å². The predicted octanol–water partition coefficient (Wildman–Crippen LogP) is 2.35. The summed E-state index contributed by atoms with van der Waals surface area (Å²) in [6, 6.07) is 0. The maximum atomic E-state index is 12.5. The first-order valence-corrected chi connectivity index (χ1v) is 8.79. The van der Waals surface area contributed by atoms with E-state index in [2.05, 4.69) is 12.7 Å². The minimum atomic E-state index is -1.09. The van der Waals surface area contributed by atoms with Crippen LogP contribution >= 0.6 is 0 Å². The SMILES string of the molecule is C=C1C(=O)O[C@@H]2/C=C(\C)CCC=C(C)C[C@@H](OC(=O)C3=CC(O)OC3)[C@@H]12. The van der Waals surface area contributed by atoms with Gasteiger partial charge in [-0.3, -0.25) is 0 Å². The van der Waals surface area contributed by atoms with E-state index in [1.807, 2.05) is 19.9 Å². The maximum absolute atomic E-state index is 12.5. The first-order valence-electron chi connectivity index (χ1n) is 8.79. The summed E-state index contributed by atoms with van der Waals surface area (Å²) in [5.41, 5.74) is 2.80. The molecule has 2 aliphatic heterocycles. The summed E-state index contributed by atoms with van der Waals surface area (Å²) in [6.45, 7) is 7.86. The van der Waals surface area contributed by atoms with Crippen LogP contribution in [-0.2, 0) is 23.8 Å². The molecule has 1 aliphatic carbocycles. The normalized spacial score (nSPS) is 34.2. The van der Waals surface area contributed by atoms with Gasteiger partial charge in [0.05, 0.1) is 18.1 Å². The highest BCUT2D eigenvalue weighted by Gasteiger charge is 2.44. The van der Waals surface area contributed by atoms with Crippen molar-refractivity contribution in [1.29, 1.82) is 0 Å². The fourth-order valence-corrected chi connectivity index (χ4v) is 3.52. The van der Waals surface area contributed by atoms with E-state index in [-0.39, 0.29) is 12.2 Å². The molecule has 3 aliphatic rings. The zero-order chi connectivity index (χ0) is 18.8. The van der Waals surface area contributed by atoms with E-state index < -0.39 is 36.4 Å². The third-order valence-corrected chi connectivity index (χ3v) is 4.94. The van der Waals surface area contributed by atoms with Crippen LogP contribution in [-0.4, -0.2) is 42.1 Å². The van der Waals surface area contributed by atoms with Crippen molar-refractivity contribution in [1.82, 2.24) is 0 Å². The highest BCUT2D eigenvalue weighted by Crippen LogP contribution is 2.36. The lowest BCUT2D eigenvalue weighted by molar-refractivity contribution is -0.147. The first-order chi connectivity index (χ1) is 12.3. The van der Waals surface area contributed by atoms with Crippen molar-refractivity contribution >= 4 is 11.9 Å². The Morgan fingerprint density at radius 2 is 2.08 bits per heavy atom. The molecule has 0 radical (unpaired) electrons. The van der Waals surface area contributed by atoms with Gasteiger partial charge < -0.3 is 19.3 Å². The third kappa shape index (κ3) is 3.97. The topological polar surface area (TPSA) is 82.1 Å². The average molecular weight is 360 g/mol. The second-order valence-corrected chi connectivity index (χ2v) is 7.06. The van der Waals surface area contributed by atoms with E-state index in [9.17, 15) is 14.7 Å². The van der Waals surface area contributed by atoms with Crippen molar-refractivity contribution in [3.05, 3.63) is 47.1 Å². The van der Waals surface area contributed by atoms with Gasteiger partial charge in [-0.25, -0.2) is 9.59 Å². The number of hydrogen-bond acceptors (Lipinski definition) is 6. The molecule has 1 fully saturated rings. The van der Waals surface area contributed by atoms with E-state index in [1.54, 1.807) is 0 Å². The molecule has 0 aromatic rings. The number of hydrogen-bond donors (Lipinski definition) is 1. The van der Waals surface area contributed by atoms with Crippen LogP contribution in [0.3, 0.4) is 0 Å². The molecule has 26 heavy (non-hydrogen) atoms. The van der Waals surface area contributed by atoms with Gasteiger partial charge in [0.15, 0.2) is 6.29 Å². The molecule has 6 nitrogen and oxygen atoms in total. The zero-order valence-corrected chi connectivity index (χ0v) is 15.1. The van der Waals surface area contributed by atoms with Crippen molar-refractivity contribution in [2.24, 2.45) is 5.92 Å². The quantitative estimate of drug-likeness (QED) is 0.462. The Morgan fingerprint density at radius 1 is 1.31 bits per heavy atom. The molecule has 2 heterocycles. The molecule has 6 heteroatoms. The molecular weight excluding hydrogens is 336 g/mol. The minimum Gasteiger partial charge on any atom is -0.458 e. The molecule has 140 valence electrons. The first kappa shape index (κ1) is 18.6. The molecule has 1 saturated heterocycles. The summed E-state index contributed by atoms with van der Waals surface area (Å²) >= 11 is 0. The fraction of sp³-hybridized carbons (Fsp3) is 0.500. The average Bonchev–Trinajstić information content (AvgIpc) is 3.11. The van der Waals surface area contributed by atoms with E-state index in [0.29, 0.717) is 12.0 Å². The molecule has 0 bridgehead atoms. The van der Waals surface area contributed by atoms with Crippen molar-refractivity contribution in [2.75, 3.05) is 6.61 Å². The number of allylic oxidation sites excluding steroid dienone is 2. The smallest absolute Gasteiger partial charge is 0.336 e. The van der Waals surface area contributed by atoms with Crippen LogP contribution in [0.5, 0.6) is 0 Å². The van der Waals surface area contributed by atoms with Gasteiger partial charge >= 0.3 is 11.9 Å². The lowest BCUT2D eigenvalue weighted by atomic mass is 9.85. The second-order valence-electron chi connectivity index (χ2n) is 7.06. The standard InChI is InChI=1S/C20H24O6/c1-11-5-4-6-12(2)8-16(18-13(3)19(22)25-15(18)7-11)26-20(23)14-9-17(21)24-10-14/h6-7,9,15-18,21H,3-5,8,10H2,1-2H3/b11-7+,12-6?/t15-,16-,17?,18+/m1/s1. The molecule has 1 unspecified atom stereocenters. The Labute approximate surface area is 152 Å². The van der Waals surface area contributed by atoms with Gasteiger partial charge in [0, 0.05) is 12.0 Å². The largest absolute Gasteiger partial charge is 0.458 e. The van der Waals surface area contributed by atoms with Crippen molar-refractivity contribution in [3.8, 4) is 0 Å². The molecular formula is C20H24O6. The fourth-order valence-electron chi connectivity index (χ4n) is 3.52. The monoisotopic (exact) mass is 360 g/mol. The molecule has 1 N–H and O–H groups in total.